The van der Waals surface area contributed by atoms with Crippen molar-refractivity contribution >= 4 is 11.7 Å². The number of phenols is 1. The standard InChI is InChI=1S/C11H12N4O2/c12-10-7(6-14-15-10)5-13-11(17)8-3-1-2-4-9(8)16/h1-4,6,16H,5H2,(H,13,17)(H3,12,14,15). The van der Waals surface area contributed by atoms with Crippen LogP contribution in [0.5, 0.6) is 5.75 Å². The zero-order valence-corrected chi connectivity index (χ0v) is 8.97. The molecule has 0 saturated heterocycles. The number of aromatic hydroxyl groups is 1. The summed E-state index contributed by atoms with van der Waals surface area (Å²) in [5.41, 5.74) is 6.51. The highest BCUT2D eigenvalue weighted by molar-refractivity contribution is 5.96. The van der Waals surface area contributed by atoms with Crippen molar-refractivity contribution in [3.8, 4) is 5.75 Å². The van der Waals surface area contributed by atoms with Crippen molar-refractivity contribution in [2.24, 2.45) is 0 Å². The van der Waals surface area contributed by atoms with Gasteiger partial charge in [0.2, 0.25) is 0 Å². The number of anilines is 1. The predicted molar refractivity (Wildman–Crippen MR) is 62.3 cm³/mol. The van der Waals surface area contributed by atoms with Crippen molar-refractivity contribution in [2.75, 3.05) is 5.73 Å². The van der Waals surface area contributed by atoms with E-state index in [2.05, 4.69) is 15.5 Å². The second kappa shape index (κ2) is 4.56. The SMILES string of the molecule is Nc1[nH]ncc1CNC(=O)c1ccccc1O. The Bertz CT molecular complexity index is 536. The molecule has 88 valence electrons. The quantitative estimate of drug-likeness (QED) is 0.623. The average Bonchev–Trinajstić information content (AvgIpc) is 2.72. The summed E-state index contributed by atoms with van der Waals surface area (Å²) >= 11 is 0. The lowest BCUT2D eigenvalue weighted by Crippen LogP contribution is -2.23. The number of carbonyl (C=O) groups excluding carboxylic acids is 1. The first kappa shape index (κ1) is 11.0. The molecule has 0 aliphatic heterocycles. The Labute approximate surface area is 97.5 Å². The number of nitrogens with one attached hydrogen (secondary N) is 2. The maximum atomic E-state index is 11.7. The first-order chi connectivity index (χ1) is 8.18. The molecule has 6 heteroatoms. The van der Waals surface area contributed by atoms with Gasteiger partial charge in [-0.1, -0.05) is 12.1 Å². The molecular weight excluding hydrogens is 220 g/mol. The number of aromatic nitrogens is 2. The van der Waals surface area contributed by atoms with Crippen LogP contribution in [-0.4, -0.2) is 21.2 Å². The summed E-state index contributed by atoms with van der Waals surface area (Å²) in [7, 11) is 0. The number of benzene rings is 1. The highest BCUT2D eigenvalue weighted by Crippen LogP contribution is 2.15. The van der Waals surface area contributed by atoms with Gasteiger partial charge < -0.3 is 16.2 Å². The minimum Gasteiger partial charge on any atom is -0.507 e. The molecule has 0 bridgehead atoms. The minimum atomic E-state index is -0.358. The lowest BCUT2D eigenvalue weighted by Gasteiger charge is -2.05. The molecule has 0 fully saturated rings. The molecule has 17 heavy (non-hydrogen) atoms. The molecule has 1 aromatic carbocycles. The van der Waals surface area contributed by atoms with Crippen LogP contribution in [0.3, 0.4) is 0 Å². The van der Waals surface area contributed by atoms with E-state index in [4.69, 9.17) is 5.73 Å². The third kappa shape index (κ3) is 2.36. The fraction of sp³-hybridized carbons (Fsp3) is 0.0909. The van der Waals surface area contributed by atoms with Crippen LogP contribution in [0.15, 0.2) is 30.5 Å². The van der Waals surface area contributed by atoms with Crippen LogP contribution >= 0.6 is 0 Å². The van der Waals surface area contributed by atoms with Crippen molar-refractivity contribution in [1.29, 1.82) is 0 Å². The Balaban J connectivity index is 2.04. The summed E-state index contributed by atoms with van der Waals surface area (Å²) in [6.45, 7) is 0.259. The Morgan fingerprint density at radius 3 is 2.88 bits per heavy atom. The van der Waals surface area contributed by atoms with E-state index < -0.39 is 0 Å². The van der Waals surface area contributed by atoms with Crippen LogP contribution < -0.4 is 11.1 Å². The molecule has 1 aromatic heterocycles. The van der Waals surface area contributed by atoms with E-state index >= 15 is 0 Å². The van der Waals surface area contributed by atoms with Crippen LogP contribution in [0.25, 0.3) is 0 Å². The van der Waals surface area contributed by atoms with Gasteiger partial charge in [-0.2, -0.15) is 5.10 Å². The number of hydrogen-bond acceptors (Lipinski definition) is 4. The zero-order chi connectivity index (χ0) is 12.3. The lowest BCUT2D eigenvalue weighted by atomic mass is 10.2. The normalized spacial score (nSPS) is 10.1. The molecule has 0 atom stereocenters. The van der Waals surface area contributed by atoms with Gasteiger partial charge in [-0.3, -0.25) is 9.89 Å². The van der Waals surface area contributed by atoms with E-state index in [-0.39, 0.29) is 23.8 Å². The zero-order valence-electron chi connectivity index (χ0n) is 8.97. The van der Waals surface area contributed by atoms with E-state index in [1.807, 2.05) is 0 Å². The molecule has 0 radical (unpaired) electrons. The van der Waals surface area contributed by atoms with Gasteiger partial charge in [0.05, 0.1) is 11.8 Å². The van der Waals surface area contributed by atoms with Gasteiger partial charge in [0.1, 0.15) is 11.6 Å². The number of nitrogen functional groups attached to an aromatic ring is 1. The molecule has 5 N–H and O–H groups in total. The third-order valence-electron chi connectivity index (χ3n) is 2.34. The first-order valence-electron chi connectivity index (χ1n) is 5.02. The minimum absolute atomic E-state index is 0.0508. The van der Waals surface area contributed by atoms with E-state index in [1.165, 1.54) is 6.07 Å². The molecule has 0 aliphatic carbocycles. The highest BCUT2D eigenvalue weighted by Gasteiger charge is 2.10. The van der Waals surface area contributed by atoms with Gasteiger partial charge in [0.15, 0.2) is 0 Å². The van der Waals surface area contributed by atoms with Crippen LogP contribution in [0, 0.1) is 0 Å². The number of para-hydroxylation sites is 1. The summed E-state index contributed by atoms with van der Waals surface area (Å²) in [6.07, 6.45) is 1.54. The summed E-state index contributed by atoms with van der Waals surface area (Å²) in [5, 5.41) is 18.4. The molecule has 6 nitrogen and oxygen atoms in total. The number of nitrogens with zero attached hydrogens (tertiary/aromatic N) is 1. The van der Waals surface area contributed by atoms with Crippen molar-refractivity contribution in [3.63, 3.8) is 0 Å². The molecule has 2 rings (SSSR count). The number of amides is 1. The van der Waals surface area contributed by atoms with E-state index in [0.29, 0.717) is 11.4 Å². The number of aromatic amines is 1. The highest BCUT2D eigenvalue weighted by atomic mass is 16.3. The number of nitrogens with two attached hydrogens (primary N) is 1. The number of hydrogen-bond donors (Lipinski definition) is 4. The van der Waals surface area contributed by atoms with Crippen LogP contribution in [0.4, 0.5) is 5.82 Å². The van der Waals surface area contributed by atoms with Gasteiger partial charge in [0.25, 0.3) is 5.91 Å². The fourth-order valence-electron chi connectivity index (χ4n) is 1.40. The molecule has 0 spiro atoms. The molecule has 2 aromatic rings. The number of carbonyl (C=O) groups is 1. The Morgan fingerprint density at radius 1 is 1.47 bits per heavy atom. The summed E-state index contributed by atoms with van der Waals surface area (Å²) in [6, 6.07) is 6.34. The molecule has 1 heterocycles. The van der Waals surface area contributed by atoms with Crippen LogP contribution in [0.1, 0.15) is 15.9 Å². The maximum absolute atomic E-state index is 11.7. The van der Waals surface area contributed by atoms with Gasteiger partial charge >= 0.3 is 0 Å². The van der Waals surface area contributed by atoms with Crippen molar-refractivity contribution in [3.05, 3.63) is 41.6 Å². The molecule has 0 saturated carbocycles. The van der Waals surface area contributed by atoms with E-state index in [9.17, 15) is 9.90 Å². The fourth-order valence-corrected chi connectivity index (χ4v) is 1.40. The monoisotopic (exact) mass is 232 g/mol. The largest absolute Gasteiger partial charge is 0.507 e. The molecule has 0 aliphatic rings. The van der Waals surface area contributed by atoms with E-state index in [1.54, 1.807) is 24.4 Å². The molecule has 1 amide bonds. The Kier molecular flexibility index (Phi) is 2.95. The second-order valence-corrected chi connectivity index (χ2v) is 3.51. The van der Waals surface area contributed by atoms with E-state index in [0.717, 1.165) is 0 Å². The van der Waals surface area contributed by atoms with Crippen LogP contribution in [-0.2, 0) is 6.54 Å². The number of phenolic OH excluding ortho intramolecular Hbond substituents is 1. The third-order valence-corrected chi connectivity index (χ3v) is 2.34. The average molecular weight is 232 g/mol. The maximum Gasteiger partial charge on any atom is 0.255 e. The van der Waals surface area contributed by atoms with Gasteiger partial charge in [-0.05, 0) is 12.1 Å². The second-order valence-electron chi connectivity index (χ2n) is 3.51. The number of rotatable bonds is 3. The number of H-pyrrole nitrogens is 1. The first-order valence-corrected chi connectivity index (χ1v) is 5.02. The Hall–Kier alpha value is -2.50. The molecular formula is C11H12N4O2. The van der Waals surface area contributed by atoms with Crippen molar-refractivity contribution < 1.29 is 9.90 Å². The Morgan fingerprint density at radius 2 is 2.24 bits per heavy atom. The summed E-state index contributed by atoms with van der Waals surface area (Å²) in [5.74, 6) is 0.0106. The topological polar surface area (TPSA) is 104 Å². The lowest BCUT2D eigenvalue weighted by molar-refractivity contribution is 0.0948. The smallest absolute Gasteiger partial charge is 0.255 e. The van der Waals surface area contributed by atoms with Crippen molar-refractivity contribution in [2.45, 2.75) is 6.54 Å². The van der Waals surface area contributed by atoms with Crippen LogP contribution in [0.2, 0.25) is 0 Å². The predicted octanol–water partition coefficient (Wildman–Crippen LogP) is 0.627. The van der Waals surface area contributed by atoms with Gasteiger partial charge in [-0.15, -0.1) is 0 Å². The van der Waals surface area contributed by atoms with Gasteiger partial charge in [-0.25, -0.2) is 0 Å². The summed E-state index contributed by atoms with van der Waals surface area (Å²) < 4.78 is 0. The van der Waals surface area contributed by atoms with Crippen molar-refractivity contribution in [1.82, 2.24) is 15.5 Å². The van der Waals surface area contributed by atoms with Gasteiger partial charge in [0, 0.05) is 12.1 Å². The summed E-state index contributed by atoms with van der Waals surface area (Å²) in [4.78, 5) is 11.7. The molecule has 0 unspecified atom stereocenters.